The van der Waals surface area contributed by atoms with Gasteiger partial charge in [-0.25, -0.2) is 13.8 Å². The van der Waals surface area contributed by atoms with Gasteiger partial charge in [0.1, 0.15) is 12.3 Å². The molecule has 0 bridgehead atoms. The van der Waals surface area contributed by atoms with Gasteiger partial charge in [-0.2, -0.15) is 5.10 Å². The highest BCUT2D eigenvalue weighted by Crippen LogP contribution is 2.24. The molecule has 0 saturated heterocycles. The zero-order valence-electron chi connectivity index (χ0n) is 16.0. The molecular formula is C19H20ClN3O5S. The summed E-state index contributed by atoms with van der Waals surface area (Å²) in [6.45, 7) is 2.63. The third-order valence-electron chi connectivity index (χ3n) is 3.68. The lowest BCUT2D eigenvalue weighted by atomic mass is 10.2. The Morgan fingerprint density at radius 1 is 1.21 bits per heavy atom. The molecule has 154 valence electrons. The van der Waals surface area contributed by atoms with Crippen molar-refractivity contribution in [3.63, 3.8) is 0 Å². The monoisotopic (exact) mass is 437 g/mol. The maximum absolute atomic E-state index is 12.2. The lowest BCUT2D eigenvalue weighted by Crippen LogP contribution is -2.39. The van der Waals surface area contributed by atoms with Crippen molar-refractivity contribution in [3.05, 3.63) is 58.6 Å². The Morgan fingerprint density at radius 2 is 1.86 bits per heavy atom. The lowest BCUT2D eigenvalue weighted by Gasteiger charge is -2.21. The molecule has 1 N–H and O–H groups in total. The highest BCUT2D eigenvalue weighted by atomic mass is 35.5. The van der Waals surface area contributed by atoms with Crippen LogP contribution in [0.1, 0.15) is 18.1 Å². The Kier molecular flexibility index (Phi) is 7.35. The van der Waals surface area contributed by atoms with Gasteiger partial charge < -0.3 is 4.74 Å². The molecule has 2 aromatic carbocycles. The number of halogens is 1. The van der Waals surface area contributed by atoms with Crippen molar-refractivity contribution in [1.82, 2.24) is 5.43 Å². The highest BCUT2D eigenvalue weighted by Gasteiger charge is 2.21. The molecule has 0 saturated carbocycles. The summed E-state index contributed by atoms with van der Waals surface area (Å²) >= 11 is 6.06. The van der Waals surface area contributed by atoms with Gasteiger partial charge >= 0.3 is 5.97 Å². The summed E-state index contributed by atoms with van der Waals surface area (Å²) in [6, 6.07) is 11.2. The van der Waals surface area contributed by atoms with Crippen LogP contribution in [0.3, 0.4) is 0 Å². The summed E-state index contributed by atoms with van der Waals surface area (Å²) in [5, 5.41) is 4.21. The number of hydrogen-bond donors (Lipinski definition) is 1. The van der Waals surface area contributed by atoms with Crippen LogP contribution in [0.15, 0.2) is 47.6 Å². The standard InChI is InChI=1S/C19H20ClN3O5S/c1-13-4-7-16(10-18(13)20)23(29(3,26)27)12-19(25)22-21-11-15-5-8-17(9-6-15)28-14(2)24/h4-11H,12H2,1-3H3,(H,22,25)/b21-11-. The van der Waals surface area contributed by atoms with Crippen LogP contribution in [0.2, 0.25) is 5.02 Å². The molecular weight excluding hydrogens is 418 g/mol. The van der Waals surface area contributed by atoms with Crippen LogP contribution in [-0.4, -0.2) is 39.3 Å². The number of anilines is 1. The summed E-state index contributed by atoms with van der Waals surface area (Å²) in [5.41, 5.74) is 4.00. The molecule has 0 atom stereocenters. The summed E-state index contributed by atoms with van der Waals surface area (Å²) in [5.74, 6) is -0.664. The van der Waals surface area contributed by atoms with Gasteiger partial charge in [0.25, 0.3) is 5.91 Å². The first-order valence-corrected chi connectivity index (χ1v) is 10.6. The summed E-state index contributed by atoms with van der Waals surface area (Å²) < 4.78 is 30.1. The minimum atomic E-state index is -3.71. The van der Waals surface area contributed by atoms with E-state index in [1.165, 1.54) is 19.2 Å². The summed E-state index contributed by atoms with van der Waals surface area (Å²) in [7, 11) is -3.71. The topological polar surface area (TPSA) is 105 Å². The number of nitrogens with one attached hydrogen (secondary N) is 1. The highest BCUT2D eigenvalue weighted by molar-refractivity contribution is 7.92. The zero-order valence-corrected chi connectivity index (χ0v) is 17.6. The van der Waals surface area contributed by atoms with E-state index in [9.17, 15) is 18.0 Å². The number of sulfonamides is 1. The number of rotatable bonds is 7. The molecule has 0 aliphatic rings. The maximum Gasteiger partial charge on any atom is 0.308 e. The van der Waals surface area contributed by atoms with Crippen LogP contribution < -0.4 is 14.5 Å². The number of hydrazone groups is 1. The van der Waals surface area contributed by atoms with Crippen LogP contribution in [-0.2, 0) is 19.6 Å². The quantitative estimate of drug-likeness (QED) is 0.310. The van der Waals surface area contributed by atoms with E-state index in [0.717, 1.165) is 16.1 Å². The minimum Gasteiger partial charge on any atom is -0.427 e. The predicted molar refractivity (Wildman–Crippen MR) is 112 cm³/mol. The minimum absolute atomic E-state index is 0.281. The van der Waals surface area contributed by atoms with E-state index in [0.29, 0.717) is 16.3 Å². The van der Waals surface area contributed by atoms with Crippen LogP contribution in [0.25, 0.3) is 0 Å². The van der Waals surface area contributed by atoms with Crippen LogP contribution in [0, 0.1) is 6.92 Å². The molecule has 0 fully saturated rings. The van der Waals surface area contributed by atoms with Gasteiger partial charge in [-0.05, 0) is 54.4 Å². The van der Waals surface area contributed by atoms with Gasteiger partial charge in [-0.15, -0.1) is 0 Å². The van der Waals surface area contributed by atoms with E-state index in [1.54, 1.807) is 43.3 Å². The van der Waals surface area contributed by atoms with Gasteiger partial charge in [-0.3, -0.25) is 13.9 Å². The van der Waals surface area contributed by atoms with Gasteiger partial charge in [0.2, 0.25) is 10.0 Å². The third-order valence-corrected chi connectivity index (χ3v) is 5.22. The first-order valence-electron chi connectivity index (χ1n) is 8.40. The fourth-order valence-corrected chi connectivity index (χ4v) is 3.29. The second-order valence-corrected chi connectivity index (χ2v) is 8.47. The second kappa shape index (κ2) is 9.53. The smallest absolute Gasteiger partial charge is 0.308 e. The van der Waals surface area contributed by atoms with Crippen molar-refractivity contribution >= 4 is 45.4 Å². The van der Waals surface area contributed by atoms with Gasteiger partial charge in [0.15, 0.2) is 0 Å². The number of amides is 1. The SMILES string of the molecule is CC(=O)Oc1ccc(/C=N\NC(=O)CN(c2ccc(C)c(Cl)c2)S(C)(=O)=O)cc1. The molecule has 0 aromatic heterocycles. The summed E-state index contributed by atoms with van der Waals surface area (Å²) in [4.78, 5) is 23.1. The molecule has 1 amide bonds. The molecule has 0 heterocycles. The number of ether oxygens (including phenoxy) is 1. The Labute approximate surface area is 174 Å². The first kappa shape index (κ1) is 22.4. The number of carbonyl (C=O) groups excluding carboxylic acids is 2. The molecule has 0 spiro atoms. The van der Waals surface area contributed by atoms with Gasteiger partial charge in [0, 0.05) is 11.9 Å². The fourth-order valence-electron chi connectivity index (χ4n) is 2.27. The molecule has 2 aromatic rings. The third kappa shape index (κ3) is 6.88. The average molecular weight is 438 g/mol. The predicted octanol–water partition coefficient (Wildman–Crippen LogP) is 2.49. The molecule has 10 heteroatoms. The normalized spacial score (nSPS) is 11.3. The number of hydrogen-bond acceptors (Lipinski definition) is 6. The van der Waals surface area contributed by atoms with Crippen molar-refractivity contribution < 1.29 is 22.7 Å². The van der Waals surface area contributed by atoms with Crippen molar-refractivity contribution in [3.8, 4) is 5.75 Å². The Hall–Kier alpha value is -2.91. The molecule has 2 rings (SSSR count). The van der Waals surface area contributed by atoms with E-state index in [4.69, 9.17) is 16.3 Å². The van der Waals surface area contributed by atoms with E-state index >= 15 is 0 Å². The Balaban J connectivity index is 2.04. The van der Waals surface area contributed by atoms with E-state index in [1.807, 2.05) is 0 Å². The molecule has 8 nitrogen and oxygen atoms in total. The lowest BCUT2D eigenvalue weighted by molar-refractivity contribution is -0.131. The molecule has 0 aliphatic heterocycles. The molecule has 29 heavy (non-hydrogen) atoms. The number of benzene rings is 2. The van der Waals surface area contributed by atoms with Crippen molar-refractivity contribution in [2.45, 2.75) is 13.8 Å². The van der Waals surface area contributed by atoms with Crippen LogP contribution in [0.5, 0.6) is 5.75 Å². The fraction of sp³-hybridized carbons (Fsp3) is 0.211. The van der Waals surface area contributed by atoms with Crippen molar-refractivity contribution in [2.75, 3.05) is 17.1 Å². The Morgan fingerprint density at radius 3 is 2.41 bits per heavy atom. The zero-order chi connectivity index (χ0) is 21.6. The second-order valence-electron chi connectivity index (χ2n) is 6.16. The number of esters is 1. The number of nitrogens with zero attached hydrogens (tertiary/aromatic N) is 2. The number of carbonyl (C=O) groups is 2. The van der Waals surface area contributed by atoms with Crippen molar-refractivity contribution in [1.29, 1.82) is 0 Å². The van der Waals surface area contributed by atoms with E-state index in [-0.39, 0.29) is 5.69 Å². The first-order chi connectivity index (χ1) is 13.6. The Bertz CT molecular complexity index is 1040. The molecule has 0 radical (unpaired) electrons. The number of aryl methyl sites for hydroxylation is 1. The van der Waals surface area contributed by atoms with Gasteiger partial charge in [-0.1, -0.05) is 17.7 Å². The summed E-state index contributed by atoms with van der Waals surface area (Å²) in [6.07, 6.45) is 2.38. The van der Waals surface area contributed by atoms with Crippen LogP contribution >= 0.6 is 11.6 Å². The van der Waals surface area contributed by atoms with Crippen molar-refractivity contribution in [2.24, 2.45) is 5.10 Å². The molecule has 0 unspecified atom stereocenters. The van der Waals surface area contributed by atoms with E-state index < -0.39 is 28.4 Å². The average Bonchev–Trinajstić information content (AvgIpc) is 2.62. The van der Waals surface area contributed by atoms with E-state index in [2.05, 4.69) is 10.5 Å². The van der Waals surface area contributed by atoms with Gasteiger partial charge in [0.05, 0.1) is 18.2 Å². The maximum atomic E-state index is 12.2. The molecule has 0 aliphatic carbocycles. The largest absolute Gasteiger partial charge is 0.427 e. The van der Waals surface area contributed by atoms with Crippen LogP contribution in [0.4, 0.5) is 5.69 Å².